The highest BCUT2D eigenvalue weighted by molar-refractivity contribution is 7.97. The van der Waals surface area contributed by atoms with Crippen molar-refractivity contribution in [2.75, 3.05) is 23.3 Å². The van der Waals surface area contributed by atoms with Crippen LogP contribution in [0, 0.1) is 5.41 Å². The fourth-order valence-electron chi connectivity index (χ4n) is 4.00. The van der Waals surface area contributed by atoms with Crippen LogP contribution in [0.25, 0.3) is 0 Å². The van der Waals surface area contributed by atoms with Crippen LogP contribution in [-0.4, -0.2) is 29.5 Å². The number of hydrogen-bond acceptors (Lipinski definition) is 5. The molecule has 2 saturated carbocycles. The molecular weight excluding hydrogens is 380 g/mol. The molecule has 1 aromatic heterocycles. The summed E-state index contributed by atoms with van der Waals surface area (Å²) in [5.74, 6) is 0.721. The number of rotatable bonds is 6. The van der Waals surface area contributed by atoms with Gasteiger partial charge in [0.2, 0.25) is 0 Å². The van der Waals surface area contributed by atoms with E-state index in [1.807, 2.05) is 30.3 Å². The van der Waals surface area contributed by atoms with E-state index in [1.54, 1.807) is 18.1 Å². The molecular formula is C23H28N4OS. The zero-order valence-corrected chi connectivity index (χ0v) is 17.7. The van der Waals surface area contributed by atoms with Crippen molar-refractivity contribution in [1.29, 1.82) is 0 Å². The molecule has 2 N–H and O–H groups in total. The lowest BCUT2D eigenvalue weighted by Crippen LogP contribution is -2.36. The van der Waals surface area contributed by atoms with Gasteiger partial charge in [-0.15, -0.1) is 0 Å². The SMILES string of the molecule is CC1(NSc2cccc(NC(=O)c3cccnc3N3CCC4(CC3)CC4)c2)CC1. The minimum absolute atomic E-state index is 0.0935. The van der Waals surface area contributed by atoms with Gasteiger partial charge in [0.15, 0.2) is 0 Å². The molecule has 5 nitrogen and oxygen atoms in total. The number of pyridine rings is 1. The summed E-state index contributed by atoms with van der Waals surface area (Å²) >= 11 is 1.64. The quantitative estimate of drug-likeness (QED) is 0.668. The van der Waals surface area contributed by atoms with E-state index in [1.165, 1.54) is 38.5 Å². The largest absolute Gasteiger partial charge is 0.356 e. The zero-order valence-electron chi connectivity index (χ0n) is 16.9. The third-order valence-corrected chi connectivity index (χ3v) is 7.70. The Morgan fingerprint density at radius 2 is 1.86 bits per heavy atom. The molecule has 1 aromatic carbocycles. The summed E-state index contributed by atoms with van der Waals surface area (Å²) in [6, 6.07) is 11.7. The second-order valence-corrected chi connectivity index (χ2v) is 9.99. The van der Waals surface area contributed by atoms with Crippen LogP contribution in [0.3, 0.4) is 0 Å². The highest BCUT2D eigenvalue weighted by atomic mass is 32.2. The topological polar surface area (TPSA) is 57.3 Å². The van der Waals surface area contributed by atoms with Gasteiger partial charge in [-0.25, -0.2) is 4.98 Å². The van der Waals surface area contributed by atoms with Gasteiger partial charge in [0.05, 0.1) is 5.56 Å². The molecule has 29 heavy (non-hydrogen) atoms. The Bertz CT molecular complexity index is 913. The smallest absolute Gasteiger partial charge is 0.259 e. The molecule has 2 aromatic rings. The summed E-state index contributed by atoms with van der Waals surface area (Å²) in [5.41, 5.74) is 2.34. The third kappa shape index (κ3) is 4.28. The highest BCUT2D eigenvalue weighted by Crippen LogP contribution is 2.53. The van der Waals surface area contributed by atoms with E-state index in [0.717, 1.165) is 29.5 Å². The van der Waals surface area contributed by atoms with Crippen LogP contribution in [0.1, 0.15) is 55.8 Å². The predicted molar refractivity (Wildman–Crippen MR) is 118 cm³/mol. The Morgan fingerprint density at radius 3 is 2.59 bits per heavy atom. The Morgan fingerprint density at radius 1 is 1.07 bits per heavy atom. The maximum Gasteiger partial charge on any atom is 0.259 e. The number of piperidine rings is 1. The van der Waals surface area contributed by atoms with Gasteiger partial charge in [0.1, 0.15) is 5.82 Å². The molecule has 1 saturated heterocycles. The van der Waals surface area contributed by atoms with E-state index in [2.05, 4.69) is 32.9 Å². The molecule has 1 amide bonds. The fourth-order valence-corrected chi connectivity index (χ4v) is 4.90. The molecule has 0 atom stereocenters. The number of carbonyl (C=O) groups is 1. The van der Waals surface area contributed by atoms with Crippen molar-refractivity contribution in [2.45, 2.75) is 55.9 Å². The standard InChI is InChI=1S/C23H28N4OS/c1-22(7-8-22)26-29-18-5-2-4-17(16-18)25-21(28)19-6-3-13-24-20(19)27-14-11-23(9-10-23)12-15-27/h2-6,13,16,26H,7-12,14-15H2,1H3,(H,25,28). The average molecular weight is 409 g/mol. The number of anilines is 2. The van der Waals surface area contributed by atoms with Gasteiger partial charge in [-0.2, -0.15) is 0 Å². The first-order valence-electron chi connectivity index (χ1n) is 10.6. The van der Waals surface area contributed by atoms with Crippen LogP contribution < -0.4 is 14.9 Å². The minimum Gasteiger partial charge on any atom is -0.356 e. The van der Waals surface area contributed by atoms with Crippen LogP contribution in [-0.2, 0) is 0 Å². The van der Waals surface area contributed by atoms with Gasteiger partial charge >= 0.3 is 0 Å². The van der Waals surface area contributed by atoms with Crippen molar-refractivity contribution >= 4 is 29.4 Å². The zero-order chi connectivity index (χ0) is 19.9. The van der Waals surface area contributed by atoms with E-state index in [0.29, 0.717) is 11.0 Å². The van der Waals surface area contributed by atoms with Gasteiger partial charge in [-0.1, -0.05) is 6.07 Å². The van der Waals surface area contributed by atoms with Crippen molar-refractivity contribution < 1.29 is 4.79 Å². The lowest BCUT2D eigenvalue weighted by molar-refractivity contribution is 0.102. The summed E-state index contributed by atoms with van der Waals surface area (Å²) in [6.45, 7) is 4.23. The normalized spacial score (nSPS) is 21.1. The summed E-state index contributed by atoms with van der Waals surface area (Å²) < 4.78 is 3.51. The molecule has 0 radical (unpaired) electrons. The van der Waals surface area contributed by atoms with E-state index < -0.39 is 0 Å². The van der Waals surface area contributed by atoms with Crippen LogP contribution >= 0.6 is 11.9 Å². The Kier molecular flexibility index (Phi) is 4.79. The first-order valence-corrected chi connectivity index (χ1v) is 11.4. The molecule has 5 rings (SSSR count). The maximum absolute atomic E-state index is 13.1. The monoisotopic (exact) mass is 408 g/mol. The van der Waals surface area contributed by atoms with Crippen LogP contribution in [0.2, 0.25) is 0 Å². The number of benzene rings is 1. The molecule has 2 aliphatic carbocycles. The predicted octanol–water partition coefficient (Wildman–Crippen LogP) is 4.86. The molecule has 3 fully saturated rings. The van der Waals surface area contributed by atoms with Crippen molar-refractivity contribution in [3.05, 3.63) is 48.2 Å². The second kappa shape index (κ2) is 7.33. The molecule has 3 aliphatic rings. The summed E-state index contributed by atoms with van der Waals surface area (Å²) in [4.78, 5) is 21.0. The van der Waals surface area contributed by atoms with Crippen LogP contribution in [0.15, 0.2) is 47.5 Å². The summed E-state index contributed by atoms with van der Waals surface area (Å²) in [6.07, 6.45) is 9.41. The molecule has 1 aliphatic heterocycles. The van der Waals surface area contributed by atoms with Gasteiger partial charge in [0.25, 0.3) is 5.91 Å². The second-order valence-electron chi connectivity index (χ2n) is 9.11. The van der Waals surface area contributed by atoms with Gasteiger partial charge < -0.3 is 10.2 Å². The maximum atomic E-state index is 13.1. The lowest BCUT2D eigenvalue weighted by Gasteiger charge is -2.33. The van der Waals surface area contributed by atoms with Crippen molar-refractivity contribution in [2.24, 2.45) is 5.41 Å². The van der Waals surface area contributed by atoms with Crippen LogP contribution in [0.5, 0.6) is 0 Å². The Labute approximate surface area is 176 Å². The van der Waals surface area contributed by atoms with Crippen molar-refractivity contribution in [3.63, 3.8) is 0 Å². The number of aromatic nitrogens is 1. The third-order valence-electron chi connectivity index (χ3n) is 6.62. The van der Waals surface area contributed by atoms with E-state index in [-0.39, 0.29) is 11.4 Å². The first-order chi connectivity index (χ1) is 14.0. The van der Waals surface area contributed by atoms with Gasteiger partial charge in [0, 0.05) is 35.4 Å². The molecule has 2 heterocycles. The Balaban J connectivity index is 1.27. The van der Waals surface area contributed by atoms with Crippen molar-refractivity contribution in [3.8, 4) is 0 Å². The molecule has 6 heteroatoms. The van der Waals surface area contributed by atoms with E-state index >= 15 is 0 Å². The minimum atomic E-state index is -0.0935. The van der Waals surface area contributed by atoms with Gasteiger partial charge in [-0.05, 0) is 93.1 Å². The first kappa shape index (κ1) is 18.9. The van der Waals surface area contributed by atoms with Gasteiger partial charge in [-0.3, -0.25) is 9.52 Å². The van der Waals surface area contributed by atoms with Crippen molar-refractivity contribution in [1.82, 2.24) is 9.71 Å². The average Bonchev–Trinajstić information content (AvgIpc) is 3.67. The number of carbonyl (C=O) groups excluding carboxylic acids is 1. The fraction of sp³-hybridized carbons (Fsp3) is 0.478. The highest BCUT2D eigenvalue weighted by Gasteiger charge is 2.44. The number of nitrogens with zero attached hydrogens (tertiary/aromatic N) is 2. The Hall–Kier alpha value is -2.05. The lowest BCUT2D eigenvalue weighted by atomic mass is 9.93. The number of amides is 1. The molecule has 0 bridgehead atoms. The number of hydrogen-bond donors (Lipinski definition) is 2. The van der Waals surface area contributed by atoms with Crippen LogP contribution in [0.4, 0.5) is 11.5 Å². The molecule has 1 spiro atoms. The van der Waals surface area contributed by atoms with E-state index in [9.17, 15) is 4.79 Å². The molecule has 0 unspecified atom stereocenters. The van der Waals surface area contributed by atoms with E-state index in [4.69, 9.17) is 0 Å². The molecule has 152 valence electrons. The summed E-state index contributed by atoms with van der Waals surface area (Å²) in [5, 5.41) is 3.07. The number of nitrogens with one attached hydrogen (secondary N) is 2. The summed E-state index contributed by atoms with van der Waals surface area (Å²) in [7, 11) is 0.